The SMILES string of the molecule is CCN(C(=O)O)c1cccc(C(F)C2=NN(C3C=CC(=O)C=C3)C=CC2)c1. The summed E-state index contributed by atoms with van der Waals surface area (Å²) < 4.78 is 15.1. The Morgan fingerprint density at radius 1 is 1.41 bits per heavy atom. The van der Waals surface area contributed by atoms with E-state index < -0.39 is 12.3 Å². The first-order valence-electron chi connectivity index (χ1n) is 8.67. The number of carbonyl (C=O) groups is 2. The third-order valence-electron chi connectivity index (χ3n) is 4.36. The Balaban J connectivity index is 1.82. The maximum Gasteiger partial charge on any atom is 0.411 e. The molecule has 1 heterocycles. The molecule has 1 aliphatic carbocycles. The topological polar surface area (TPSA) is 73.2 Å². The van der Waals surface area contributed by atoms with Gasteiger partial charge in [-0.25, -0.2) is 9.18 Å². The molecule has 1 aromatic rings. The standard InChI is InChI=1S/C20H20FN3O3/c1-2-23(20(26)27)16-6-3-5-14(13-16)19(21)18-7-4-12-24(22-18)15-8-10-17(25)11-9-15/h3-6,8-13,15,19H,2,7H2,1H3,(H,26,27). The summed E-state index contributed by atoms with van der Waals surface area (Å²) in [5.41, 5.74) is 1.10. The molecular formula is C20H20FN3O3. The van der Waals surface area contributed by atoms with E-state index in [1.54, 1.807) is 48.5 Å². The Morgan fingerprint density at radius 3 is 2.81 bits per heavy atom. The van der Waals surface area contributed by atoms with Crippen molar-refractivity contribution in [2.75, 3.05) is 11.4 Å². The largest absolute Gasteiger partial charge is 0.465 e. The lowest BCUT2D eigenvalue weighted by Gasteiger charge is -2.27. The van der Waals surface area contributed by atoms with Crippen LogP contribution in [0.4, 0.5) is 14.9 Å². The molecule has 0 radical (unpaired) electrons. The van der Waals surface area contributed by atoms with Crippen LogP contribution in [0.5, 0.6) is 0 Å². The molecule has 1 atom stereocenters. The van der Waals surface area contributed by atoms with E-state index in [1.807, 2.05) is 6.08 Å². The second-order valence-electron chi connectivity index (χ2n) is 6.16. The third-order valence-corrected chi connectivity index (χ3v) is 4.36. The lowest BCUT2D eigenvalue weighted by atomic mass is 10.0. The first kappa shape index (κ1) is 18.6. The second kappa shape index (κ2) is 7.99. The van der Waals surface area contributed by atoms with Gasteiger partial charge >= 0.3 is 6.09 Å². The molecule has 140 valence electrons. The van der Waals surface area contributed by atoms with Crippen molar-refractivity contribution in [1.29, 1.82) is 0 Å². The molecule has 0 bridgehead atoms. The first-order valence-corrected chi connectivity index (χ1v) is 8.67. The van der Waals surface area contributed by atoms with E-state index >= 15 is 4.39 Å². The summed E-state index contributed by atoms with van der Waals surface area (Å²) in [5, 5.41) is 15.2. The maximum absolute atomic E-state index is 15.1. The van der Waals surface area contributed by atoms with Gasteiger partial charge in [0.2, 0.25) is 0 Å². The molecule has 27 heavy (non-hydrogen) atoms. The van der Waals surface area contributed by atoms with Gasteiger partial charge in [-0.05, 0) is 36.8 Å². The number of rotatable bonds is 5. The third kappa shape index (κ3) is 4.13. The fraction of sp³-hybridized carbons (Fsp3) is 0.250. The number of ketones is 1. The van der Waals surface area contributed by atoms with Crippen LogP contribution in [0.2, 0.25) is 0 Å². The van der Waals surface area contributed by atoms with Crippen molar-refractivity contribution in [3.8, 4) is 0 Å². The lowest BCUT2D eigenvalue weighted by molar-refractivity contribution is -0.110. The smallest absolute Gasteiger partial charge is 0.411 e. The zero-order valence-corrected chi connectivity index (χ0v) is 14.8. The second-order valence-corrected chi connectivity index (χ2v) is 6.16. The normalized spacial score (nSPS) is 17.8. The number of carboxylic acid groups (broad SMARTS) is 1. The fourth-order valence-corrected chi connectivity index (χ4v) is 2.98. The van der Waals surface area contributed by atoms with Gasteiger partial charge in [-0.15, -0.1) is 0 Å². The first-order chi connectivity index (χ1) is 13.0. The van der Waals surface area contributed by atoms with Crippen LogP contribution in [0.1, 0.15) is 25.1 Å². The van der Waals surface area contributed by atoms with Crippen LogP contribution >= 0.6 is 0 Å². The Kier molecular flexibility index (Phi) is 5.49. The Morgan fingerprint density at radius 2 is 2.15 bits per heavy atom. The van der Waals surface area contributed by atoms with Gasteiger partial charge in [0.25, 0.3) is 0 Å². The van der Waals surface area contributed by atoms with Gasteiger partial charge in [-0.3, -0.25) is 14.7 Å². The number of hydrogen-bond acceptors (Lipinski definition) is 4. The minimum absolute atomic E-state index is 0.0875. The van der Waals surface area contributed by atoms with Crippen LogP contribution in [0, 0.1) is 0 Å². The summed E-state index contributed by atoms with van der Waals surface area (Å²) in [4.78, 5) is 23.7. The Labute approximate surface area is 156 Å². The molecular weight excluding hydrogens is 349 g/mol. The fourth-order valence-electron chi connectivity index (χ4n) is 2.98. The Hall–Kier alpha value is -3.22. The molecule has 0 spiro atoms. The molecule has 0 fully saturated rings. The molecule has 1 amide bonds. The summed E-state index contributed by atoms with van der Waals surface area (Å²) in [6.45, 7) is 1.99. The van der Waals surface area contributed by atoms with Gasteiger partial charge in [0, 0.05) is 24.9 Å². The van der Waals surface area contributed by atoms with Gasteiger partial charge in [0.05, 0.1) is 11.8 Å². The van der Waals surface area contributed by atoms with Crippen LogP contribution in [0.3, 0.4) is 0 Å². The average Bonchev–Trinajstić information content (AvgIpc) is 2.68. The molecule has 1 unspecified atom stereocenters. The summed E-state index contributed by atoms with van der Waals surface area (Å²) in [5.74, 6) is -0.0875. The van der Waals surface area contributed by atoms with Gasteiger partial charge in [-0.1, -0.05) is 30.4 Å². The monoisotopic (exact) mass is 369 g/mol. The summed E-state index contributed by atoms with van der Waals surface area (Å²) in [7, 11) is 0. The number of alkyl halides is 1. The van der Waals surface area contributed by atoms with Crippen molar-refractivity contribution in [3.05, 3.63) is 66.4 Å². The van der Waals surface area contributed by atoms with Crippen LogP contribution in [-0.2, 0) is 4.79 Å². The van der Waals surface area contributed by atoms with Gasteiger partial charge in [0.15, 0.2) is 12.0 Å². The number of nitrogens with zero attached hydrogens (tertiary/aromatic N) is 3. The highest BCUT2D eigenvalue weighted by Gasteiger charge is 2.23. The zero-order chi connectivity index (χ0) is 19.4. The number of allylic oxidation sites excluding steroid dienone is 3. The van der Waals surface area contributed by atoms with Crippen LogP contribution in [0.15, 0.2) is 65.9 Å². The van der Waals surface area contributed by atoms with E-state index in [0.717, 1.165) is 4.90 Å². The molecule has 0 saturated heterocycles. The molecule has 0 saturated carbocycles. The number of hydrazone groups is 1. The van der Waals surface area contributed by atoms with E-state index in [0.29, 0.717) is 23.4 Å². The minimum atomic E-state index is -1.46. The van der Waals surface area contributed by atoms with Gasteiger partial charge in [-0.2, -0.15) is 5.10 Å². The molecule has 3 rings (SSSR count). The molecule has 1 N–H and O–H groups in total. The summed E-state index contributed by atoms with van der Waals surface area (Å²) in [6.07, 6.45) is 7.73. The number of anilines is 1. The highest BCUT2D eigenvalue weighted by atomic mass is 19.1. The predicted octanol–water partition coefficient (Wildman–Crippen LogP) is 3.84. The van der Waals surface area contributed by atoms with E-state index in [1.165, 1.54) is 18.2 Å². The van der Waals surface area contributed by atoms with Crippen LogP contribution in [0.25, 0.3) is 0 Å². The van der Waals surface area contributed by atoms with E-state index in [2.05, 4.69) is 5.10 Å². The van der Waals surface area contributed by atoms with Gasteiger partial charge in [0.1, 0.15) is 0 Å². The number of halogens is 1. The van der Waals surface area contributed by atoms with Gasteiger partial charge < -0.3 is 5.11 Å². The molecule has 1 aromatic carbocycles. The lowest BCUT2D eigenvalue weighted by Crippen LogP contribution is -2.29. The van der Waals surface area contributed by atoms with Crippen molar-refractivity contribution in [1.82, 2.24) is 5.01 Å². The molecule has 2 aliphatic rings. The highest BCUT2D eigenvalue weighted by molar-refractivity contribution is 6.00. The summed E-state index contributed by atoms with van der Waals surface area (Å²) >= 11 is 0. The molecule has 0 aromatic heterocycles. The number of carbonyl (C=O) groups excluding carboxylic acids is 1. The molecule has 7 heteroatoms. The number of benzene rings is 1. The predicted molar refractivity (Wildman–Crippen MR) is 101 cm³/mol. The molecule has 6 nitrogen and oxygen atoms in total. The average molecular weight is 369 g/mol. The number of hydrogen-bond donors (Lipinski definition) is 1. The van der Waals surface area contributed by atoms with Crippen LogP contribution in [-0.4, -0.2) is 40.3 Å². The zero-order valence-electron chi connectivity index (χ0n) is 14.8. The highest BCUT2D eigenvalue weighted by Crippen LogP contribution is 2.28. The van der Waals surface area contributed by atoms with E-state index in [4.69, 9.17) is 0 Å². The maximum atomic E-state index is 15.1. The van der Waals surface area contributed by atoms with E-state index in [9.17, 15) is 14.7 Å². The van der Waals surface area contributed by atoms with Crippen molar-refractivity contribution in [2.45, 2.75) is 25.6 Å². The van der Waals surface area contributed by atoms with E-state index in [-0.39, 0.29) is 18.4 Å². The van der Waals surface area contributed by atoms with Crippen LogP contribution < -0.4 is 4.90 Å². The van der Waals surface area contributed by atoms with Crippen molar-refractivity contribution in [2.24, 2.45) is 5.10 Å². The van der Waals surface area contributed by atoms with Crippen molar-refractivity contribution < 1.29 is 19.1 Å². The van der Waals surface area contributed by atoms with Crippen molar-refractivity contribution >= 4 is 23.3 Å². The molecule has 1 aliphatic heterocycles. The van der Waals surface area contributed by atoms with Crippen molar-refractivity contribution in [3.63, 3.8) is 0 Å². The quantitative estimate of drug-likeness (QED) is 0.856. The Bertz CT molecular complexity index is 844. The minimum Gasteiger partial charge on any atom is -0.465 e. The number of amides is 1. The summed E-state index contributed by atoms with van der Waals surface area (Å²) in [6, 6.07) is 6.19.